The first-order valence-corrected chi connectivity index (χ1v) is 21.2. The number of aryl methyl sites for hydroxylation is 4. The van der Waals surface area contributed by atoms with Crippen LogP contribution in [0.25, 0.3) is 22.3 Å². The number of ether oxygens (including phenoxy) is 4. The van der Waals surface area contributed by atoms with Gasteiger partial charge in [0.1, 0.15) is 5.75 Å². The Morgan fingerprint density at radius 2 is 1.03 bits per heavy atom. The third-order valence-corrected chi connectivity index (χ3v) is 11.1. The van der Waals surface area contributed by atoms with Crippen LogP contribution in [0, 0.1) is 10.8 Å². The zero-order valence-electron chi connectivity index (χ0n) is 37.2. The summed E-state index contributed by atoms with van der Waals surface area (Å²) in [7, 11) is 0. The SMILES string of the molecule is C=C(C)C(=O)OCCCc1ccc(-c2ccc(-c3cc(CCCOC(=O)C(=C)C)c(OCCCC(CO)(CO)C(C)(C)C)c(CCCOC(=O)C(=C)C)c3)c(CC)c2)cc1. The third kappa shape index (κ3) is 14.3. The number of carbonyl (C=O) groups excluding carboxylic acids is 3. The third-order valence-electron chi connectivity index (χ3n) is 11.1. The minimum Gasteiger partial charge on any atom is -0.493 e. The minimum absolute atomic E-state index is 0.135. The molecule has 0 spiro atoms. The van der Waals surface area contributed by atoms with E-state index in [0.29, 0.717) is 68.5 Å². The Labute approximate surface area is 358 Å². The second kappa shape index (κ2) is 23.7. The number of aliphatic hydroxyl groups is 2. The van der Waals surface area contributed by atoms with E-state index >= 15 is 0 Å². The van der Waals surface area contributed by atoms with E-state index in [1.165, 1.54) is 11.1 Å². The van der Waals surface area contributed by atoms with Gasteiger partial charge in [-0.3, -0.25) is 0 Å². The van der Waals surface area contributed by atoms with Crippen molar-refractivity contribution in [2.75, 3.05) is 39.6 Å². The molecular weight excluding hydrogens is 757 g/mol. The van der Waals surface area contributed by atoms with Crippen molar-refractivity contribution in [2.45, 2.75) is 106 Å². The number of esters is 3. The fraction of sp³-hybridized carbons (Fsp3) is 0.471. The van der Waals surface area contributed by atoms with Gasteiger partial charge < -0.3 is 29.2 Å². The van der Waals surface area contributed by atoms with Crippen molar-refractivity contribution in [1.29, 1.82) is 0 Å². The van der Waals surface area contributed by atoms with Crippen molar-refractivity contribution in [3.05, 3.63) is 113 Å². The van der Waals surface area contributed by atoms with Gasteiger partial charge in [0.05, 0.1) is 39.6 Å². The molecule has 0 amide bonds. The topological polar surface area (TPSA) is 129 Å². The molecule has 3 aromatic rings. The van der Waals surface area contributed by atoms with Gasteiger partial charge in [-0.05, 0) is 141 Å². The monoisotopic (exact) mass is 824 g/mol. The Bertz CT molecular complexity index is 1890. The van der Waals surface area contributed by atoms with Crippen molar-refractivity contribution in [1.82, 2.24) is 0 Å². The van der Waals surface area contributed by atoms with E-state index in [4.69, 9.17) is 18.9 Å². The largest absolute Gasteiger partial charge is 0.493 e. The summed E-state index contributed by atoms with van der Waals surface area (Å²) in [5.74, 6) is -0.472. The molecule has 9 heteroatoms. The summed E-state index contributed by atoms with van der Waals surface area (Å²) in [6, 6.07) is 19.4. The molecule has 2 N–H and O–H groups in total. The van der Waals surface area contributed by atoms with E-state index in [2.05, 4.69) is 81.3 Å². The molecule has 0 saturated heterocycles. The summed E-state index contributed by atoms with van der Waals surface area (Å²) in [4.78, 5) is 36.1. The first-order valence-electron chi connectivity index (χ1n) is 21.2. The normalized spacial score (nSPS) is 11.5. The van der Waals surface area contributed by atoms with Gasteiger partial charge in [-0.1, -0.05) is 89.9 Å². The molecule has 0 atom stereocenters. The number of benzene rings is 3. The van der Waals surface area contributed by atoms with E-state index in [-0.39, 0.29) is 37.8 Å². The molecule has 60 heavy (non-hydrogen) atoms. The van der Waals surface area contributed by atoms with E-state index in [9.17, 15) is 24.6 Å². The van der Waals surface area contributed by atoms with Crippen LogP contribution in [0.4, 0.5) is 0 Å². The number of aliphatic hydroxyl groups excluding tert-OH is 2. The van der Waals surface area contributed by atoms with Gasteiger partial charge in [0.25, 0.3) is 0 Å². The van der Waals surface area contributed by atoms with E-state index in [1.54, 1.807) is 20.8 Å². The van der Waals surface area contributed by atoms with E-state index < -0.39 is 17.4 Å². The summed E-state index contributed by atoms with van der Waals surface area (Å²) < 4.78 is 22.8. The molecule has 9 nitrogen and oxygen atoms in total. The van der Waals surface area contributed by atoms with Crippen molar-refractivity contribution in [3.63, 3.8) is 0 Å². The summed E-state index contributed by atoms with van der Waals surface area (Å²) in [6.45, 7) is 25.0. The zero-order valence-corrected chi connectivity index (χ0v) is 37.2. The Hall–Kier alpha value is -4.99. The van der Waals surface area contributed by atoms with Gasteiger partial charge in [0, 0.05) is 22.1 Å². The van der Waals surface area contributed by atoms with Gasteiger partial charge in [-0.2, -0.15) is 0 Å². The zero-order chi connectivity index (χ0) is 44.5. The highest BCUT2D eigenvalue weighted by atomic mass is 16.5. The van der Waals surface area contributed by atoms with Crippen LogP contribution in [0.3, 0.4) is 0 Å². The molecule has 0 radical (unpaired) electrons. The molecule has 0 aliphatic carbocycles. The number of hydrogen-bond acceptors (Lipinski definition) is 9. The molecule has 0 heterocycles. The van der Waals surface area contributed by atoms with Crippen LogP contribution in [0.1, 0.15) is 103 Å². The predicted octanol–water partition coefficient (Wildman–Crippen LogP) is 9.91. The molecule has 0 fully saturated rings. The molecule has 0 saturated carbocycles. The Balaban J connectivity index is 1.99. The van der Waals surface area contributed by atoms with Crippen LogP contribution >= 0.6 is 0 Å². The molecule has 0 aliphatic heterocycles. The van der Waals surface area contributed by atoms with Crippen LogP contribution in [-0.4, -0.2) is 67.8 Å². The Kier molecular flexibility index (Phi) is 19.5. The Morgan fingerprint density at radius 3 is 1.47 bits per heavy atom. The summed E-state index contributed by atoms with van der Waals surface area (Å²) in [6.07, 6.45) is 5.77. The molecule has 0 unspecified atom stereocenters. The maximum Gasteiger partial charge on any atom is 0.333 e. The van der Waals surface area contributed by atoms with Crippen LogP contribution < -0.4 is 4.74 Å². The van der Waals surface area contributed by atoms with Gasteiger partial charge in [-0.25, -0.2) is 14.4 Å². The van der Waals surface area contributed by atoms with Crippen LogP contribution in [0.2, 0.25) is 0 Å². The second-order valence-electron chi connectivity index (χ2n) is 16.9. The lowest BCUT2D eigenvalue weighted by molar-refractivity contribution is -0.139. The van der Waals surface area contributed by atoms with E-state index in [0.717, 1.165) is 58.4 Å². The van der Waals surface area contributed by atoms with Crippen molar-refractivity contribution in [2.24, 2.45) is 10.8 Å². The van der Waals surface area contributed by atoms with Gasteiger partial charge in [-0.15, -0.1) is 0 Å². The lowest BCUT2D eigenvalue weighted by Gasteiger charge is -2.42. The summed E-state index contributed by atoms with van der Waals surface area (Å²) >= 11 is 0. The number of rotatable bonds is 25. The first-order chi connectivity index (χ1) is 28.5. The fourth-order valence-electron chi connectivity index (χ4n) is 6.99. The molecule has 3 aromatic carbocycles. The van der Waals surface area contributed by atoms with Crippen molar-refractivity contribution < 1.29 is 43.5 Å². The van der Waals surface area contributed by atoms with Crippen molar-refractivity contribution >= 4 is 17.9 Å². The molecule has 0 aromatic heterocycles. The van der Waals surface area contributed by atoms with Crippen molar-refractivity contribution in [3.8, 4) is 28.0 Å². The van der Waals surface area contributed by atoms with Crippen LogP contribution in [0.15, 0.2) is 91.1 Å². The van der Waals surface area contributed by atoms with Gasteiger partial charge in [0.2, 0.25) is 0 Å². The van der Waals surface area contributed by atoms with Gasteiger partial charge >= 0.3 is 17.9 Å². The maximum absolute atomic E-state index is 12.2. The molecule has 326 valence electrons. The fourth-order valence-corrected chi connectivity index (χ4v) is 6.99. The standard InChI is InChI=1S/C51H68O9/c1-11-39-30-41(40-21-19-38(20-22-40)16-12-26-58-47(54)35(2)3)23-24-45(39)44-31-42(17-13-27-59-48(55)36(4)5)46(43(32-44)18-14-28-60-49(56)37(6)7)57-29-15-25-51(33-52,34-53)50(8,9)10/h19-24,30-32,52-53H,2,4,6,11-18,25-29,33-34H2,1,3,5,7-10H3. The highest BCUT2D eigenvalue weighted by molar-refractivity contribution is 5.87. The highest BCUT2D eigenvalue weighted by Gasteiger charge is 2.40. The lowest BCUT2D eigenvalue weighted by atomic mass is 9.65. The first kappa shape index (κ1) is 49.4. The maximum atomic E-state index is 12.2. The molecular formula is C51H68O9. The molecule has 3 rings (SSSR count). The lowest BCUT2D eigenvalue weighted by Crippen LogP contribution is -2.42. The average Bonchev–Trinajstić information content (AvgIpc) is 3.22. The van der Waals surface area contributed by atoms with Crippen LogP contribution in [-0.2, 0) is 54.3 Å². The highest BCUT2D eigenvalue weighted by Crippen LogP contribution is 2.42. The minimum atomic E-state index is -0.667. The number of carbonyl (C=O) groups is 3. The average molecular weight is 825 g/mol. The predicted molar refractivity (Wildman–Crippen MR) is 240 cm³/mol. The van der Waals surface area contributed by atoms with Gasteiger partial charge in [0.15, 0.2) is 0 Å². The van der Waals surface area contributed by atoms with E-state index in [1.807, 2.05) is 20.8 Å². The summed E-state index contributed by atoms with van der Waals surface area (Å²) in [5, 5.41) is 20.7. The smallest absolute Gasteiger partial charge is 0.333 e. The number of hydrogen-bond donors (Lipinski definition) is 2. The summed E-state index contributed by atoms with van der Waals surface area (Å²) in [5.41, 5.74) is 8.72. The molecule has 0 bridgehead atoms. The molecule has 0 aliphatic rings. The van der Waals surface area contributed by atoms with Crippen LogP contribution in [0.5, 0.6) is 5.75 Å². The second-order valence-corrected chi connectivity index (χ2v) is 16.9. The Morgan fingerprint density at radius 1 is 0.583 bits per heavy atom. The quantitative estimate of drug-likeness (QED) is 0.0371.